The van der Waals surface area contributed by atoms with E-state index in [1.165, 1.54) is 0 Å². The van der Waals surface area contributed by atoms with Crippen molar-refractivity contribution in [3.8, 4) is 0 Å². The Morgan fingerprint density at radius 3 is 2.52 bits per heavy atom. The second-order valence-electron chi connectivity index (χ2n) is 9.52. The first-order valence-corrected chi connectivity index (χ1v) is 11.9. The van der Waals surface area contributed by atoms with Gasteiger partial charge in [-0.05, 0) is 63.6 Å². The molecule has 1 aromatic rings. The van der Waals surface area contributed by atoms with Gasteiger partial charge in [0.05, 0.1) is 0 Å². The Kier molecular flexibility index (Phi) is 9.95. The average molecular weight is 458 g/mol. The largest absolute Gasteiger partial charge is 0.444 e. The monoisotopic (exact) mass is 457 g/mol. The number of carbonyl (C=O) groups is 3. The predicted octanol–water partition coefficient (Wildman–Crippen LogP) is 4.58. The van der Waals surface area contributed by atoms with Gasteiger partial charge in [0.25, 0.3) is 0 Å². The van der Waals surface area contributed by atoms with Crippen molar-refractivity contribution in [3.63, 3.8) is 0 Å². The van der Waals surface area contributed by atoms with Gasteiger partial charge in [-0.3, -0.25) is 9.59 Å². The van der Waals surface area contributed by atoms with E-state index in [0.29, 0.717) is 6.54 Å². The second-order valence-corrected chi connectivity index (χ2v) is 9.52. The molecule has 3 amide bonds. The number of hydrogen-bond donors (Lipinski definition) is 2. The fourth-order valence-corrected chi connectivity index (χ4v) is 3.75. The molecule has 0 bridgehead atoms. The van der Waals surface area contributed by atoms with Crippen molar-refractivity contribution < 1.29 is 19.1 Å². The SMILES string of the molecule is C=Cc1cccc(C(C(=O)NCCCCC)N(C(=O)CNC(=O)OC(C)(C)C)C2CCC2)c1. The summed E-state index contributed by atoms with van der Waals surface area (Å²) in [4.78, 5) is 40.5. The molecular formula is C26H39N3O4. The molecule has 1 atom stereocenters. The third-order valence-electron chi connectivity index (χ3n) is 5.61. The van der Waals surface area contributed by atoms with Crippen LogP contribution in [0.3, 0.4) is 0 Å². The average Bonchev–Trinajstić information content (AvgIpc) is 2.72. The van der Waals surface area contributed by atoms with Crippen molar-refractivity contribution in [2.75, 3.05) is 13.1 Å². The maximum atomic E-state index is 13.4. The van der Waals surface area contributed by atoms with Crippen LogP contribution < -0.4 is 10.6 Å². The van der Waals surface area contributed by atoms with Crippen LogP contribution in [0.5, 0.6) is 0 Å². The van der Waals surface area contributed by atoms with E-state index in [0.717, 1.165) is 49.7 Å². The lowest BCUT2D eigenvalue weighted by molar-refractivity contribution is -0.145. The summed E-state index contributed by atoms with van der Waals surface area (Å²) < 4.78 is 5.26. The Bertz CT molecular complexity index is 827. The smallest absolute Gasteiger partial charge is 0.408 e. The van der Waals surface area contributed by atoms with Crippen LogP contribution in [-0.4, -0.2) is 47.5 Å². The third kappa shape index (κ3) is 8.22. The van der Waals surface area contributed by atoms with E-state index in [9.17, 15) is 14.4 Å². The van der Waals surface area contributed by atoms with E-state index in [1.807, 2.05) is 24.3 Å². The van der Waals surface area contributed by atoms with Crippen LogP contribution in [0, 0.1) is 0 Å². The van der Waals surface area contributed by atoms with Gasteiger partial charge < -0.3 is 20.3 Å². The molecule has 0 spiro atoms. The highest BCUT2D eigenvalue weighted by Gasteiger charge is 2.38. The number of amides is 3. The molecule has 7 heteroatoms. The molecule has 0 heterocycles. The molecule has 1 aliphatic carbocycles. The van der Waals surface area contributed by atoms with E-state index in [1.54, 1.807) is 31.7 Å². The summed E-state index contributed by atoms with van der Waals surface area (Å²) in [5.74, 6) is -0.506. The minimum Gasteiger partial charge on any atom is -0.444 e. The van der Waals surface area contributed by atoms with Gasteiger partial charge in [-0.2, -0.15) is 0 Å². The second kappa shape index (κ2) is 12.4. The highest BCUT2D eigenvalue weighted by molar-refractivity contribution is 5.90. The zero-order chi connectivity index (χ0) is 24.4. The lowest BCUT2D eigenvalue weighted by Gasteiger charge is -2.42. The highest BCUT2D eigenvalue weighted by Crippen LogP contribution is 2.33. The van der Waals surface area contributed by atoms with Crippen molar-refractivity contribution in [2.45, 2.75) is 83.9 Å². The van der Waals surface area contributed by atoms with Gasteiger partial charge in [-0.1, -0.05) is 50.6 Å². The van der Waals surface area contributed by atoms with Crippen LogP contribution >= 0.6 is 0 Å². The van der Waals surface area contributed by atoms with E-state index in [-0.39, 0.29) is 24.4 Å². The molecule has 0 saturated heterocycles. The summed E-state index contributed by atoms with van der Waals surface area (Å²) in [6, 6.07) is 6.72. The summed E-state index contributed by atoms with van der Waals surface area (Å²) in [5.41, 5.74) is 0.953. The molecule has 1 aliphatic rings. The first kappa shape index (κ1) is 26.4. The molecule has 33 heavy (non-hydrogen) atoms. The molecule has 2 rings (SSSR count). The molecule has 1 unspecified atom stereocenters. The molecule has 2 N–H and O–H groups in total. The van der Waals surface area contributed by atoms with Crippen molar-refractivity contribution in [3.05, 3.63) is 42.0 Å². The molecule has 0 aromatic heterocycles. The van der Waals surface area contributed by atoms with Crippen LogP contribution in [0.15, 0.2) is 30.8 Å². The molecule has 182 valence electrons. The quantitative estimate of drug-likeness (QED) is 0.476. The summed E-state index contributed by atoms with van der Waals surface area (Å²) in [5, 5.41) is 5.57. The standard InChI is InChI=1S/C26H39N3O4/c1-6-8-9-16-27-24(31)23(20-13-10-12-19(7-2)17-20)29(21-14-11-15-21)22(30)18-28-25(32)33-26(3,4)5/h7,10,12-13,17,21,23H,2,6,8-9,11,14-16,18H2,1,3-5H3,(H,27,31)(H,28,32). The fraction of sp³-hybridized carbons (Fsp3) is 0.577. The number of nitrogens with zero attached hydrogens (tertiary/aromatic N) is 1. The lowest BCUT2D eigenvalue weighted by atomic mass is 9.88. The molecule has 0 radical (unpaired) electrons. The van der Waals surface area contributed by atoms with E-state index in [4.69, 9.17) is 4.74 Å². The first-order chi connectivity index (χ1) is 15.7. The summed E-state index contributed by atoms with van der Waals surface area (Å²) in [6.07, 6.45) is 6.71. The van der Waals surface area contributed by atoms with Crippen LogP contribution in [0.1, 0.15) is 83.4 Å². The van der Waals surface area contributed by atoms with Crippen LogP contribution in [0.2, 0.25) is 0 Å². The Morgan fingerprint density at radius 1 is 1.21 bits per heavy atom. The van der Waals surface area contributed by atoms with Gasteiger partial charge in [0, 0.05) is 12.6 Å². The van der Waals surface area contributed by atoms with Gasteiger partial charge in [0.15, 0.2) is 0 Å². The van der Waals surface area contributed by atoms with E-state index >= 15 is 0 Å². The third-order valence-corrected chi connectivity index (χ3v) is 5.61. The summed E-state index contributed by atoms with van der Waals surface area (Å²) >= 11 is 0. The maximum absolute atomic E-state index is 13.4. The highest BCUT2D eigenvalue weighted by atomic mass is 16.6. The van der Waals surface area contributed by atoms with Gasteiger partial charge in [0.2, 0.25) is 11.8 Å². The normalized spacial score (nSPS) is 14.5. The van der Waals surface area contributed by atoms with Crippen molar-refractivity contribution in [2.24, 2.45) is 0 Å². The predicted molar refractivity (Wildman–Crippen MR) is 131 cm³/mol. The number of unbranched alkanes of at least 4 members (excludes halogenated alkanes) is 2. The Labute approximate surface area is 197 Å². The number of alkyl carbamates (subject to hydrolysis) is 1. The van der Waals surface area contributed by atoms with Crippen molar-refractivity contribution in [1.82, 2.24) is 15.5 Å². The van der Waals surface area contributed by atoms with Gasteiger partial charge in [-0.15, -0.1) is 0 Å². The number of rotatable bonds is 11. The van der Waals surface area contributed by atoms with Crippen LogP contribution in [-0.2, 0) is 14.3 Å². The maximum Gasteiger partial charge on any atom is 0.408 e. The Morgan fingerprint density at radius 2 is 1.94 bits per heavy atom. The number of hydrogen-bond acceptors (Lipinski definition) is 4. The minimum absolute atomic E-state index is 0.0447. The zero-order valence-electron chi connectivity index (χ0n) is 20.5. The van der Waals surface area contributed by atoms with Gasteiger partial charge >= 0.3 is 6.09 Å². The number of ether oxygens (including phenoxy) is 1. The van der Waals surface area contributed by atoms with Gasteiger partial charge in [-0.25, -0.2) is 4.79 Å². The number of nitrogens with one attached hydrogen (secondary N) is 2. The topological polar surface area (TPSA) is 87.7 Å². The molecule has 1 saturated carbocycles. The van der Waals surface area contributed by atoms with Crippen LogP contribution in [0.4, 0.5) is 4.79 Å². The Hall–Kier alpha value is -2.83. The minimum atomic E-state index is -0.773. The number of benzene rings is 1. The zero-order valence-corrected chi connectivity index (χ0v) is 20.5. The number of carbonyl (C=O) groups excluding carboxylic acids is 3. The summed E-state index contributed by atoms with van der Waals surface area (Å²) in [6.45, 7) is 11.6. The molecule has 1 aromatic carbocycles. The van der Waals surface area contributed by atoms with Gasteiger partial charge in [0.1, 0.15) is 18.2 Å². The van der Waals surface area contributed by atoms with Crippen molar-refractivity contribution >= 4 is 24.0 Å². The fourth-order valence-electron chi connectivity index (χ4n) is 3.75. The molecule has 7 nitrogen and oxygen atoms in total. The first-order valence-electron chi connectivity index (χ1n) is 11.9. The lowest BCUT2D eigenvalue weighted by Crippen LogP contribution is -2.54. The summed E-state index contributed by atoms with van der Waals surface area (Å²) in [7, 11) is 0. The van der Waals surface area contributed by atoms with Crippen LogP contribution in [0.25, 0.3) is 6.08 Å². The van der Waals surface area contributed by atoms with Crippen molar-refractivity contribution in [1.29, 1.82) is 0 Å². The molecular weight excluding hydrogens is 418 g/mol. The molecule has 0 aliphatic heterocycles. The van der Waals surface area contributed by atoms with E-state index < -0.39 is 17.7 Å². The molecule has 1 fully saturated rings. The van der Waals surface area contributed by atoms with E-state index in [2.05, 4.69) is 24.1 Å². The Balaban J connectivity index is 2.27.